The zero-order valence-corrected chi connectivity index (χ0v) is 10.4. The molecule has 2 fully saturated rings. The van der Waals surface area contributed by atoms with Gasteiger partial charge in [0.15, 0.2) is 0 Å². The highest BCUT2D eigenvalue weighted by Gasteiger charge is 2.48. The van der Waals surface area contributed by atoms with Gasteiger partial charge in [0.25, 0.3) is 0 Å². The van der Waals surface area contributed by atoms with E-state index in [1.54, 1.807) is 0 Å². The lowest BCUT2D eigenvalue weighted by molar-refractivity contribution is 0.0461. The molecular weight excluding hydrogens is 220 g/mol. The third-order valence-corrected chi connectivity index (χ3v) is 3.09. The molecule has 2 heterocycles. The lowest BCUT2D eigenvalue weighted by Gasteiger charge is -2.25. The van der Waals surface area contributed by atoms with Crippen molar-refractivity contribution >= 4 is 6.09 Å². The molecule has 4 unspecified atom stereocenters. The smallest absolute Gasteiger partial charge is 0.407 e. The molecule has 5 heteroatoms. The van der Waals surface area contributed by atoms with Gasteiger partial charge in [0, 0.05) is 0 Å². The van der Waals surface area contributed by atoms with E-state index in [1.165, 1.54) is 0 Å². The Morgan fingerprint density at radius 3 is 2.59 bits per heavy atom. The molecular formula is C12H18N2O3. The fourth-order valence-corrected chi connectivity index (χ4v) is 2.40. The van der Waals surface area contributed by atoms with Crippen LogP contribution in [0.2, 0.25) is 0 Å². The zero-order chi connectivity index (χ0) is 12.6. The summed E-state index contributed by atoms with van der Waals surface area (Å²) in [6.45, 7) is 5.49. The first-order valence-corrected chi connectivity index (χ1v) is 5.93. The molecule has 94 valence electrons. The van der Waals surface area contributed by atoms with Crippen molar-refractivity contribution < 1.29 is 14.3 Å². The number of rotatable bonds is 1. The molecule has 0 aromatic heterocycles. The molecule has 0 aromatic rings. The molecule has 5 nitrogen and oxygen atoms in total. The topological polar surface area (TPSA) is 71.3 Å². The van der Waals surface area contributed by atoms with E-state index in [1.807, 2.05) is 20.8 Å². The van der Waals surface area contributed by atoms with Crippen LogP contribution in [0, 0.1) is 17.2 Å². The third-order valence-electron chi connectivity index (χ3n) is 3.09. The minimum atomic E-state index is -0.488. The molecule has 0 radical (unpaired) electrons. The summed E-state index contributed by atoms with van der Waals surface area (Å²) in [4.78, 5) is 11.6. The largest absolute Gasteiger partial charge is 0.444 e. The minimum Gasteiger partial charge on any atom is -0.444 e. The molecule has 1 amide bonds. The maximum absolute atomic E-state index is 11.6. The summed E-state index contributed by atoms with van der Waals surface area (Å²) in [7, 11) is 0. The van der Waals surface area contributed by atoms with E-state index in [-0.39, 0.29) is 24.2 Å². The van der Waals surface area contributed by atoms with Crippen molar-refractivity contribution in [3.05, 3.63) is 0 Å². The Labute approximate surface area is 101 Å². The molecule has 0 spiro atoms. The van der Waals surface area contributed by atoms with Gasteiger partial charge in [0.05, 0.1) is 30.2 Å². The predicted molar refractivity (Wildman–Crippen MR) is 60.2 cm³/mol. The van der Waals surface area contributed by atoms with Gasteiger partial charge in [-0.1, -0.05) is 0 Å². The van der Waals surface area contributed by atoms with Crippen molar-refractivity contribution in [2.75, 3.05) is 0 Å². The molecule has 1 N–H and O–H groups in total. The SMILES string of the molecule is CC(C)(C)OC(=O)NC1CC2OC1CC2C#N. The lowest BCUT2D eigenvalue weighted by Crippen LogP contribution is -2.44. The van der Waals surface area contributed by atoms with Gasteiger partial charge in [-0.25, -0.2) is 4.79 Å². The maximum Gasteiger partial charge on any atom is 0.407 e. The van der Waals surface area contributed by atoms with Gasteiger partial charge in [-0.3, -0.25) is 0 Å². The molecule has 4 atom stereocenters. The number of hydrogen-bond acceptors (Lipinski definition) is 4. The van der Waals surface area contributed by atoms with Crippen LogP contribution in [0.1, 0.15) is 33.6 Å². The van der Waals surface area contributed by atoms with Gasteiger partial charge < -0.3 is 14.8 Å². The van der Waals surface area contributed by atoms with Crippen molar-refractivity contribution in [2.24, 2.45) is 5.92 Å². The molecule has 2 saturated heterocycles. The summed E-state index contributed by atoms with van der Waals surface area (Å²) in [6, 6.07) is 2.22. The van der Waals surface area contributed by atoms with Gasteiger partial charge in [0.2, 0.25) is 0 Å². The van der Waals surface area contributed by atoms with Crippen LogP contribution < -0.4 is 5.32 Å². The fraction of sp³-hybridized carbons (Fsp3) is 0.833. The van der Waals surface area contributed by atoms with E-state index >= 15 is 0 Å². The first-order chi connectivity index (χ1) is 7.89. The summed E-state index contributed by atoms with van der Waals surface area (Å²) >= 11 is 0. The maximum atomic E-state index is 11.6. The Balaban J connectivity index is 1.84. The molecule has 2 aliphatic rings. The lowest BCUT2D eigenvalue weighted by atomic mass is 9.87. The number of hydrogen-bond donors (Lipinski definition) is 1. The Kier molecular flexibility index (Phi) is 3.00. The van der Waals surface area contributed by atoms with Gasteiger partial charge in [-0.15, -0.1) is 0 Å². The minimum absolute atomic E-state index is 0.0144. The van der Waals surface area contributed by atoms with Crippen molar-refractivity contribution in [1.29, 1.82) is 5.26 Å². The Morgan fingerprint density at radius 1 is 1.41 bits per heavy atom. The van der Waals surface area contributed by atoms with E-state index in [2.05, 4.69) is 11.4 Å². The average Bonchev–Trinajstić information content (AvgIpc) is 2.72. The van der Waals surface area contributed by atoms with Gasteiger partial charge in [-0.05, 0) is 33.6 Å². The van der Waals surface area contributed by atoms with Gasteiger partial charge >= 0.3 is 6.09 Å². The van der Waals surface area contributed by atoms with E-state index in [9.17, 15) is 4.79 Å². The van der Waals surface area contributed by atoms with Crippen molar-refractivity contribution in [2.45, 2.75) is 57.5 Å². The van der Waals surface area contributed by atoms with E-state index in [0.29, 0.717) is 12.8 Å². The van der Waals surface area contributed by atoms with Crippen LogP contribution in [0.3, 0.4) is 0 Å². The molecule has 0 aromatic carbocycles. The number of nitrogens with one attached hydrogen (secondary N) is 1. The molecule has 2 aliphatic heterocycles. The second-order valence-electron chi connectivity index (χ2n) is 5.67. The molecule has 2 rings (SSSR count). The highest BCUT2D eigenvalue weighted by atomic mass is 16.6. The number of nitrogens with zero attached hydrogens (tertiary/aromatic N) is 1. The van der Waals surface area contributed by atoms with E-state index in [0.717, 1.165) is 0 Å². The van der Waals surface area contributed by atoms with E-state index in [4.69, 9.17) is 14.7 Å². The highest BCUT2D eigenvalue weighted by Crippen LogP contribution is 2.38. The molecule has 2 bridgehead atoms. The Bertz CT molecular complexity index is 356. The number of amides is 1. The average molecular weight is 238 g/mol. The number of carbonyl (C=O) groups excluding carboxylic acids is 1. The summed E-state index contributed by atoms with van der Waals surface area (Å²) in [5, 5.41) is 11.7. The van der Waals surface area contributed by atoms with Gasteiger partial charge in [-0.2, -0.15) is 5.26 Å². The number of fused-ring (bicyclic) bond motifs is 2. The summed E-state index contributed by atoms with van der Waals surface area (Å²) in [5.74, 6) is -0.0170. The highest BCUT2D eigenvalue weighted by molar-refractivity contribution is 5.68. The number of carbonyl (C=O) groups is 1. The number of alkyl carbamates (subject to hydrolysis) is 1. The molecule has 0 saturated carbocycles. The predicted octanol–water partition coefficient (Wildman–Crippen LogP) is 1.58. The normalized spacial score (nSPS) is 35.4. The first kappa shape index (κ1) is 12.2. The van der Waals surface area contributed by atoms with Crippen molar-refractivity contribution in [3.63, 3.8) is 0 Å². The van der Waals surface area contributed by atoms with Crippen LogP contribution in [0.4, 0.5) is 4.79 Å². The van der Waals surface area contributed by atoms with Crippen molar-refractivity contribution in [1.82, 2.24) is 5.32 Å². The summed E-state index contributed by atoms with van der Waals surface area (Å²) < 4.78 is 10.8. The van der Waals surface area contributed by atoms with Crippen LogP contribution in [0.5, 0.6) is 0 Å². The number of nitriles is 1. The van der Waals surface area contributed by atoms with Crippen molar-refractivity contribution in [3.8, 4) is 6.07 Å². The summed E-state index contributed by atoms with van der Waals surface area (Å²) in [6.07, 6.45) is 0.957. The van der Waals surface area contributed by atoms with Crippen LogP contribution in [-0.2, 0) is 9.47 Å². The second-order valence-corrected chi connectivity index (χ2v) is 5.67. The van der Waals surface area contributed by atoms with Crippen LogP contribution in [-0.4, -0.2) is 29.9 Å². The van der Waals surface area contributed by atoms with Crippen LogP contribution in [0.25, 0.3) is 0 Å². The quantitative estimate of drug-likeness (QED) is 0.752. The molecule has 0 aliphatic carbocycles. The van der Waals surface area contributed by atoms with E-state index < -0.39 is 11.7 Å². The Morgan fingerprint density at radius 2 is 2.12 bits per heavy atom. The van der Waals surface area contributed by atoms with Crippen LogP contribution in [0.15, 0.2) is 0 Å². The number of ether oxygens (including phenoxy) is 2. The second kappa shape index (κ2) is 4.19. The van der Waals surface area contributed by atoms with Gasteiger partial charge in [0.1, 0.15) is 5.60 Å². The monoisotopic (exact) mass is 238 g/mol. The zero-order valence-electron chi connectivity index (χ0n) is 10.4. The molecule has 17 heavy (non-hydrogen) atoms. The third kappa shape index (κ3) is 2.70. The fourth-order valence-electron chi connectivity index (χ4n) is 2.40. The Hall–Kier alpha value is -1.28. The summed E-state index contributed by atoms with van der Waals surface area (Å²) in [5.41, 5.74) is -0.488. The van der Waals surface area contributed by atoms with Crippen LogP contribution >= 0.6 is 0 Å². The standard InChI is InChI=1S/C12H18N2O3/c1-12(2,3)17-11(15)14-8-5-9-7(6-13)4-10(8)16-9/h7-10H,4-5H2,1-3H3,(H,14,15). The first-order valence-electron chi connectivity index (χ1n) is 5.93.